The van der Waals surface area contributed by atoms with E-state index in [0.29, 0.717) is 23.9 Å². The summed E-state index contributed by atoms with van der Waals surface area (Å²) in [5.74, 6) is -0.947. The van der Waals surface area contributed by atoms with Crippen molar-refractivity contribution in [1.29, 1.82) is 0 Å². The van der Waals surface area contributed by atoms with E-state index in [2.05, 4.69) is 74.6 Å². The second-order valence-electron chi connectivity index (χ2n) is 15.7. The lowest BCUT2D eigenvalue weighted by Crippen LogP contribution is -2.37. The minimum Gasteiger partial charge on any atom is -0.756 e. The fourth-order valence-corrected chi connectivity index (χ4v) is 6.18. The third kappa shape index (κ3) is 42.9. The molecule has 10 heteroatoms. The minimum absolute atomic E-state index is 0.0466. The molecule has 328 valence electrons. The zero-order valence-corrected chi connectivity index (χ0v) is 37.7. The van der Waals surface area contributed by atoms with Crippen molar-refractivity contribution in [2.24, 2.45) is 0 Å². The van der Waals surface area contributed by atoms with E-state index in [9.17, 15) is 19.0 Å². The first-order valence-corrected chi connectivity index (χ1v) is 23.6. The van der Waals surface area contributed by atoms with Crippen molar-refractivity contribution in [3.05, 3.63) is 72.9 Å². The van der Waals surface area contributed by atoms with Gasteiger partial charge in [-0.25, -0.2) is 0 Å². The maximum atomic E-state index is 12.7. The standard InChI is InChI=1S/C47H82NO8P/c1-6-8-10-12-14-16-18-20-22-23-24-25-26-28-29-31-33-35-37-39-46(49)53-43-45(44-55-57(51,52)54-42-41-48(3,4)5)56-47(50)40-38-36-34-32-30-27-21-19-17-15-13-11-9-7-2/h14,16,19-22,24-25,28-29,33,35,45H,6-13,15,17-18,23,26-27,30-32,34,36-44H2,1-5H3/b16-14+,21-19+,22-20+,25-24+,29-28+,35-33+/t45-/m0/s1. The monoisotopic (exact) mass is 820 g/mol. The lowest BCUT2D eigenvalue weighted by Gasteiger charge is -2.28. The third-order valence-electron chi connectivity index (χ3n) is 8.96. The number of likely N-dealkylation sites (N-methyl/N-ethyl adjacent to an activating group) is 1. The van der Waals surface area contributed by atoms with Gasteiger partial charge in [0.25, 0.3) is 7.82 Å². The van der Waals surface area contributed by atoms with Crippen molar-refractivity contribution in [3.63, 3.8) is 0 Å². The summed E-state index contributed by atoms with van der Waals surface area (Å²) in [4.78, 5) is 37.5. The van der Waals surface area contributed by atoms with Crippen LogP contribution in [0.4, 0.5) is 0 Å². The lowest BCUT2D eigenvalue weighted by atomic mass is 10.1. The number of rotatable bonds is 39. The van der Waals surface area contributed by atoms with Gasteiger partial charge in [-0.3, -0.25) is 14.2 Å². The van der Waals surface area contributed by atoms with Crippen molar-refractivity contribution < 1.29 is 42.1 Å². The molecule has 0 amide bonds. The Labute approximate surface area is 348 Å². The van der Waals surface area contributed by atoms with Crippen molar-refractivity contribution >= 4 is 19.8 Å². The number of hydrogen-bond acceptors (Lipinski definition) is 8. The van der Waals surface area contributed by atoms with E-state index in [-0.39, 0.29) is 26.1 Å². The molecular formula is C47H82NO8P. The largest absolute Gasteiger partial charge is 0.756 e. The number of esters is 2. The molecule has 0 aromatic rings. The van der Waals surface area contributed by atoms with Gasteiger partial charge >= 0.3 is 11.9 Å². The topological polar surface area (TPSA) is 111 Å². The molecule has 0 N–H and O–H groups in total. The van der Waals surface area contributed by atoms with Crippen LogP contribution >= 0.6 is 7.82 Å². The predicted molar refractivity (Wildman–Crippen MR) is 236 cm³/mol. The highest BCUT2D eigenvalue weighted by Gasteiger charge is 2.21. The van der Waals surface area contributed by atoms with Gasteiger partial charge in [-0.2, -0.15) is 0 Å². The predicted octanol–water partition coefficient (Wildman–Crippen LogP) is 12.0. The van der Waals surface area contributed by atoms with Crippen LogP contribution in [0.5, 0.6) is 0 Å². The molecule has 0 aliphatic rings. The van der Waals surface area contributed by atoms with Gasteiger partial charge in [0, 0.05) is 12.8 Å². The summed E-state index contributed by atoms with van der Waals surface area (Å²) in [7, 11) is 1.11. The van der Waals surface area contributed by atoms with Gasteiger partial charge in [0.2, 0.25) is 0 Å². The Morgan fingerprint density at radius 3 is 1.53 bits per heavy atom. The van der Waals surface area contributed by atoms with Gasteiger partial charge in [0.1, 0.15) is 19.8 Å². The van der Waals surface area contributed by atoms with Crippen molar-refractivity contribution in [2.75, 3.05) is 47.5 Å². The quantitative estimate of drug-likeness (QED) is 0.0198. The molecule has 0 aromatic heterocycles. The molecule has 0 spiro atoms. The molecule has 0 rings (SSSR count). The number of unbranched alkanes of at least 4 members (excludes halogenated alkanes) is 13. The number of allylic oxidation sites excluding steroid dienone is 12. The normalized spacial score (nSPS) is 14.3. The molecule has 57 heavy (non-hydrogen) atoms. The zero-order valence-electron chi connectivity index (χ0n) is 36.8. The number of phosphoric ester groups is 1. The smallest absolute Gasteiger partial charge is 0.306 e. The molecule has 0 saturated carbocycles. The lowest BCUT2D eigenvalue weighted by molar-refractivity contribution is -0.870. The van der Waals surface area contributed by atoms with Gasteiger partial charge in [0.15, 0.2) is 6.10 Å². The Bertz CT molecular complexity index is 1200. The minimum atomic E-state index is -4.65. The van der Waals surface area contributed by atoms with Crippen LogP contribution in [0.2, 0.25) is 0 Å². The Morgan fingerprint density at radius 2 is 0.982 bits per heavy atom. The summed E-state index contributed by atoms with van der Waals surface area (Å²) in [6.45, 7) is 4.08. The number of quaternary nitrogens is 1. The molecule has 0 radical (unpaired) electrons. The van der Waals surface area contributed by atoms with Crippen molar-refractivity contribution in [3.8, 4) is 0 Å². The molecule has 0 fully saturated rings. The highest BCUT2D eigenvalue weighted by atomic mass is 31.2. The number of nitrogens with zero attached hydrogens (tertiary/aromatic N) is 1. The Hall–Kier alpha value is -2.55. The zero-order chi connectivity index (χ0) is 42.1. The third-order valence-corrected chi connectivity index (χ3v) is 9.93. The van der Waals surface area contributed by atoms with E-state index in [0.717, 1.165) is 64.2 Å². The van der Waals surface area contributed by atoms with E-state index < -0.39 is 32.5 Å². The van der Waals surface area contributed by atoms with Gasteiger partial charge in [0.05, 0.1) is 27.7 Å². The second kappa shape index (κ2) is 38.9. The van der Waals surface area contributed by atoms with Crippen LogP contribution < -0.4 is 4.89 Å². The summed E-state index contributed by atoms with van der Waals surface area (Å²) >= 11 is 0. The number of carbonyl (C=O) groups is 2. The molecule has 1 unspecified atom stereocenters. The van der Waals surface area contributed by atoms with Crippen LogP contribution in [0.15, 0.2) is 72.9 Å². The van der Waals surface area contributed by atoms with E-state index in [1.807, 2.05) is 33.3 Å². The Kier molecular flexibility index (Phi) is 37.2. The first-order chi connectivity index (χ1) is 27.5. The van der Waals surface area contributed by atoms with Gasteiger partial charge in [-0.1, -0.05) is 145 Å². The number of phosphoric acid groups is 1. The fraction of sp³-hybridized carbons (Fsp3) is 0.702. The number of hydrogen-bond donors (Lipinski definition) is 0. The number of carbonyl (C=O) groups excluding carboxylic acids is 2. The van der Waals surface area contributed by atoms with Crippen LogP contribution in [0.3, 0.4) is 0 Å². The molecule has 0 saturated heterocycles. The van der Waals surface area contributed by atoms with Crippen LogP contribution in [0.1, 0.15) is 162 Å². The first-order valence-electron chi connectivity index (χ1n) is 22.1. The maximum absolute atomic E-state index is 12.7. The molecule has 0 aliphatic heterocycles. The second-order valence-corrected chi connectivity index (χ2v) is 17.1. The van der Waals surface area contributed by atoms with E-state index >= 15 is 0 Å². The van der Waals surface area contributed by atoms with Crippen LogP contribution in [-0.4, -0.2) is 70.0 Å². The van der Waals surface area contributed by atoms with Crippen molar-refractivity contribution in [1.82, 2.24) is 0 Å². The molecule has 0 aromatic carbocycles. The molecule has 0 bridgehead atoms. The Morgan fingerprint density at radius 1 is 0.544 bits per heavy atom. The molecule has 2 atom stereocenters. The van der Waals surface area contributed by atoms with Crippen LogP contribution in [0.25, 0.3) is 0 Å². The summed E-state index contributed by atoms with van der Waals surface area (Å²) in [5.41, 5.74) is 0. The molecule has 0 heterocycles. The SMILES string of the molecule is CCCCC/C=C/C/C=C/C/C=C/C/C=C/C/C=C/CCC(=O)OC[C@@H](COP(=O)([O-])OCC[N+](C)(C)C)OC(=O)CCCCCCC/C=C/CCCCCCC. The first kappa shape index (κ1) is 54.5. The molecule has 0 aliphatic carbocycles. The van der Waals surface area contributed by atoms with Crippen LogP contribution in [-0.2, 0) is 32.7 Å². The summed E-state index contributed by atoms with van der Waals surface area (Å²) < 4.78 is 33.8. The fourth-order valence-electron chi connectivity index (χ4n) is 5.45. The summed E-state index contributed by atoms with van der Waals surface area (Å²) in [5, 5.41) is 0. The van der Waals surface area contributed by atoms with Crippen molar-refractivity contribution in [2.45, 2.75) is 168 Å². The molecule has 9 nitrogen and oxygen atoms in total. The summed E-state index contributed by atoms with van der Waals surface area (Å²) in [6.07, 6.45) is 48.0. The Balaban J connectivity index is 4.50. The highest BCUT2D eigenvalue weighted by Crippen LogP contribution is 2.38. The maximum Gasteiger partial charge on any atom is 0.306 e. The van der Waals surface area contributed by atoms with E-state index in [1.54, 1.807) is 0 Å². The van der Waals surface area contributed by atoms with E-state index in [1.165, 1.54) is 57.8 Å². The summed E-state index contributed by atoms with van der Waals surface area (Å²) in [6, 6.07) is 0. The highest BCUT2D eigenvalue weighted by molar-refractivity contribution is 7.45. The average Bonchev–Trinajstić information content (AvgIpc) is 3.16. The number of ether oxygens (including phenoxy) is 2. The average molecular weight is 820 g/mol. The van der Waals surface area contributed by atoms with Gasteiger partial charge in [-0.05, 0) is 77.0 Å². The molecular weight excluding hydrogens is 737 g/mol. The van der Waals surface area contributed by atoms with Gasteiger partial charge in [-0.15, -0.1) is 0 Å². The van der Waals surface area contributed by atoms with E-state index in [4.69, 9.17) is 18.5 Å². The van der Waals surface area contributed by atoms with Crippen LogP contribution in [0, 0.1) is 0 Å². The van der Waals surface area contributed by atoms with Gasteiger partial charge < -0.3 is 27.9 Å².